The van der Waals surface area contributed by atoms with E-state index < -0.39 is 0 Å². The molecule has 5 heteroatoms. The van der Waals surface area contributed by atoms with Gasteiger partial charge in [-0.1, -0.05) is 48.5 Å². The fourth-order valence-corrected chi connectivity index (χ4v) is 5.32. The van der Waals surface area contributed by atoms with Crippen molar-refractivity contribution in [3.05, 3.63) is 78.0 Å². The van der Waals surface area contributed by atoms with Crippen LogP contribution in [-0.2, 0) is 7.05 Å². The highest BCUT2D eigenvalue weighted by Crippen LogP contribution is 2.31. The molecular weight excluding hydrogens is 434 g/mol. The molecule has 1 fully saturated rings. The van der Waals surface area contributed by atoms with Gasteiger partial charge in [0.05, 0.1) is 12.1 Å². The maximum atomic E-state index is 12.5. The Hall–Kier alpha value is -3.31. The molecule has 1 aromatic heterocycles. The normalized spacial score (nSPS) is 15.1. The topological polar surface area (TPSA) is 37.7 Å². The number of piperidine rings is 1. The SMILES string of the molecule is CN(C)C(=O)c1cc2c(OCCCN3CCC(c4ccc5ccccc5c4)CC3)cccc2n1C. The molecule has 182 valence electrons. The zero-order valence-electron chi connectivity index (χ0n) is 21.0. The molecule has 0 atom stereocenters. The van der Waals surface area contributed by atoms with E-state index in [9.17, 15) is 4.79 Å². The van der Waals surface area contributed by atoms with Gasteiger partial charge in [-0.25, -0.2) is 0 Å². The van der Waals surface area contributed by atoms with E-state index in [1.807, 2.05) is 35.9 Å². The third-order valence-electron chi connectivity index (χ3n) is 7.38. The number of amides is 1. The van der Waals surface area contributed by atoms with Gasteiger partial charge in [-0.15, -0.1) is 0 Å². The zero-order chi connectivity index (χ0) is 24.4. The van der Waals surface area contributed by atoms with E-state index in [0.717, 1.165) is 42.7 Å². The number of hydrogen-bond acceptors (Lipinski definition) is 3. The number of carbonyl (C=O) groups is 1. The van der Waals surface area contributed by atoms with E-state index in [0.29, 0.717) is 18.2 Å². The van der Waals surface area contributed by atoms with E-state index in [2.05, 4.69) is 47.4 Å². The Morgan fingerprint density at radius 2 is 1.74 bits per heavy atom. The highest BCUT2D eigenvalue weighted by Gasteiger charge is 2.21. The molecule has 35 heavy (non-hydrogen) atoms. The predicted molar refractivity (Wildman–Crippen MR) is 143 cm³/mol. The quantitative estimate of drug-likeness (QED) is 0.327. The summed E-state index contributed by atoms with van der Waals surface area (Å²) in [5, 5.41) is 3.66. The zero-order valence-corrected chi connectivity index (χ0v) is 21.0. The Morgan fingerprint density at radius 3 is 2.51 bits per heavy atom. The van der Waals surface area contributed by atoms with Crippen LogP contribution in [0.4, 0.5) is 0 Å². The molecule has 1 aliphatic rings. The van der Waals surface area contributed by atoms with Crippen LogP contribution in [0, 0.1) is 0 Å². The maximum Gasteiger partial charge on any atom is 0.269 e. The molecule has 1 saturated heterocycles. The van der Waals surface area contributed by atoms with Gasteiger partial charge in [-0.05, 0) is 72.8 Å². The summed E-state index contributed by atoms with van der Waals surface area (Å²) in [4.78, 5) is 16.7. The van der Waals surface area contributed by atoms with Crippen LogP contribution >= 0.6 is 0 Å². The van der Waals surface area contributed by atoms with Crippen molar-refractivity contribution in [2.45, 2.75) is 25.2 Å². The number of hydrogen-bond donors (Lipinski definition) is 0. The first-order valence-electron chi connectivity index (χ1n) is 12.6. The fourth-order valence-electron chi connectivity index (χ4n) is 5.32. The van der Waals surface area contributed by atoms with Crippen molar-refractivity contribution >= 4 is 27.6 Å². The van der Waals surface area contributed by atoms with Crippen LogP contribution in [0.25, 0.3) is 21.7 Å². The first-order valence-corrected chi connectivity index (χ1v) is 12.6. The Morgan fingerprint density at radius 1 is 0.971 bits per heavy atom. The molecule has 0 spiro atoms. The van der Waals surface area contributed by atoms with Gasteiger partial charge in [-0.3, -0.25) is 4.79 Å². The van der Waals surface area contributed by atoms with Gasteiger partial charge in [0.2, 0.25) is 0 Å². The van der Waals surface area contributed by atoms with Gasteiger partial charge >= 0.3 is 0 Å². The number of aromatic nitrogens is 1. The molecule has 0 saturated carbocycles. The number of rotatable bonds is 7. The molecule has 0 aliphatic carbocycles. The van der Waals surface area contributed by atoms with Gasteiger partial charge in [0.25, 0.3) is 5.91 Å². The largest absolute Gasteiger partial charge is 0.493 e. The summed E-state index contributed by atoms with van der Waals surface area (Å²) in [6.07, 6.45) is 3.42. The molecule has 1 amide bonds. The van der Waals surface area contributed by atoms with Crippen LogP contribution in [0.3, 0.4) is 0 Å². The highest BCUT2D eigenvalue weighted by atomic mass is 16.5. The molecule has 0 N–H and O–H groups in total. The molecule has 4 aromatic rings. The van der Waals surface area contributed by atoms with Gasteiger partial charge in [0.15, 0.2) is 0 Å². The Labute approximate surface area is 207 Å². The first kappa shape index (κ1) is 23.4. The van der Waals surface area contributed by atoms with Crippen molar-refractivity contribution < 1.29 is 9.53 Å². The summed E-state index contributed by atoms with van der Waals surface area (Å²) in [6, 6.07) is 23.6. The van der Waals surface area contributed by atoms with Gasteiger partial charge in [-0.2, -0.15) is 0 Å². The van der Waals surface area contributed by atoms with E-state index in [1.54, 1.807) is 19.0 Å². The lowest BCUT2D eigenvalue weighted by atomic mass is 9.88. The average Bonchev–Trinajstić information content (AvgIpc) is 3.23. The van der Waals surface area contributed by atoms with Crippen molar-refractivity contribution in [2.24, 2.45) is 7.05 Å². The Kier molecular flexibility index (Phi) is 6.78. The maximum absolute atomic E-state index is 12.5. The van der Waals surface area contributed by atoms with Crippen molar-refractivity contribution in [1.29, 1.82) is 0 Å². The number of likely N-dealkylation sites (tertiary alicyclic amines) is 1. The summed E-state index contributed by atoms with van der Waals surface area (Å²) >= 11 is 0. The third-order valence-corrected chi connectivity index (χ3v) is 7.38. The van der Waals surface area contributed by atoms with Gasteiger partial charge < -0.3 is 19.1 Å². The monoisotopic (exact) mass is 469 g/mol. The summed E-state index contributed by atoms with van der Waals surface area (Å²) in [5.74, 6) is 1.51. The van der Waals surface area contributed by atoms with E-state index in [-0.39, 0.29) is 5.91 Å². The van der Waals surface area contributed by atoms with Crippen LogP contribution < -0.4 is 4.74 Å². The second-order valence-electron chi connectivity index (χ2n) is 9.90. The molecule has 5 nitrogen and oxygen atoms in total. The molecular formula is C30H35N3O2. The lowest BCUT2D eigenvalue weighted by Gasteiger charge is -2.32. The van der Waals surface area contributed by atoms with Crippen molar-refractivity contribution in [3.8, 4) is 5.75 Å². The molecule has 2 heterocycles. The van der Waals surface area contributed by atoms with Crippen LogP contribution in [0.2, 0.25) is 0 Å². The van der Waals surface area contributed by atoms with Crippen LogP contribution in [0.5, 0.6) is 5.75 Å². The molecule has 3 aromatic carbocycles. The minimum absolute atomic E-state index is 0.00161. The Balaban J connectivity index is 1.13. The van der Waals surface area contributed by atoms with Crippen molar-refractivity contribution in [1.82, 2.24) is 14.4 Å². The summed E-state index contributed by atoms with van der Waals surface area (Å²) in [7, 11) is 5.49. The molecule has 0 bridgehead atoms. The van der Waals surface area contributed by atoms with Crippen molar-refractivity contribution in [3.63, 3.8) is 0 Å². The Bertz CT molecular complexity index is 1330. The summed E-state index contributed by atoms with van der Waals surface area (Å²) in [6.45, 7) is 4.01. The van der Waals surface area contributed by atoms with Gasteiger partial charge in [0.1, 0.15) is 11.4 Å². The number of carbonyl (C=O) groups excluding carboxylic acids is 1. The lowest BCUT2D eigenvalue weighted by Crippen LogP contribution is -2.34. The second-order valence-corrected chi connectivity index (χ2v) is 9.90. The number of aryl methyl sites for hydroxylation is 1. The second kappa shape index (κ2) is 10.1. The van der Waals surface area contributed by atoms with E-state index in [4.69, 9.17) is 4.74 Å². The molecule has 5 rings (SSSR count). The lowest BCUT2D eigenvalue weighted by molar-refractivity contribution is 0.0819. The molecule has 0 unspecified atom stereocenters. The van der Waals surface area contributed by atoms with Crippen molar-refractivity contribution in [2.75, 3.05) is 40.3 Å². The molecule has 0 radical (unpaired) electrons. The van der Waals surface area contributed by atoms with Crippen LogP contribution in [-0.4, -0.2) is 60.6 Å². The van der Waals surface area contributed by atoms with Crippen LogP contribution in [0.1, 0.15) is 41.2 Å². The summed E-state index contributed by atoms with van der Waals surface area (Å²) in [5.41, 5.74) is 3.17. The summed E-state index contributed by atoms with van der Waals surface area (Å²) < 4.78 is 8.13. The number of ether oxygens (including phenoxy) is 1. The van der Waals surface area contributed by atoms with Gasteiger partial charge in [0, 0.05) is 33.1 Å². The molecule has 1 aliphatic heterocycles. The minimum atomic E-state index is 0.00161. The standard InChI is InChI=1S/C30H35N3O2/c1-31(2)30(34)28-21-26-27(32(28)3)10-6-11-29(26)35-19-7-16-33-17-14-23(15-18-33)25-13-12-22-8-4-5-9-24(22)20-25/h4-6,8-13,20-21,23H,7,14-19H2,1-3H3. The predicted octanol–water partition coefficient (Wildman–Crippen LogP) is 5.68. The number of fused-ring (bicyclic) bond motifs is 2. The average molecular weight is 470 g/mol. The third kappa shape index (κ3) is 4.92. The number of nitrogens with zero attached hydrogens (tertiary/aromatic N) is 3. The minimum Gasteiger partial charge on any atom is -0.493 e. The smallest absolute Gasteiger partial charge is 0.269 e. The van der Waals surface area contributed by atoms with Crippen LogP contribution in [0.15, 0.2) is 66.7 Å². The fraction of sp³-hybridized carbons (Fsp3) is 0.367. The first-order chi connectivity index (χ1) is 17.0. The number of benzene rings is 3. The van der Waals surface area contributed by atoms with E-state index >= 15 is 0 Å². The highest BCUT2D eigenvalue weighted by molar-refractivity contribution is 6.00. The van der Waals surface area contributed by atoms with E-state index in [1.165, 1.54) is 29.2 Å².